The Balaban J connectivity index is 1.55. The number of thiophene rings is 1. The van der Waals surface area contributed by atoms with Crippen molar-refractivity contribution in [2.75, 3.05) is 46.8 Å². The molecular formula is C15H27N3S. The predicted molar refractivity (Wildman–Crippen MR) is 84.0 cm³/mol. The van der Waals surface area contributed by atoms with Gasteiger partial charge in [0.1, 0.15) is 0 Å². The second-order valence-corrected chi connectivity index (χ2v) is 6.67. The lowest BCUT2D eigenvalue weighted by molar-refractivity contribution is 0.134. The second kappa shape index (κ2) is 8.00. The van der Waals surface area contributed by atoms with Crippen LogP contribution in [0.1, 0.15) is 17.7 Å². The number of likely N-dealkylation sites (tertiary alicyclic amines) is 1. The summed E-state index contributed by atoms with van der Waals surface area (Å²) >= 11 is 1.86. The maximum absolute atomic E-state index is 3.57. The maximum Gasteiger partial charge on any atom is 0.0217 e. The van der Waals surface area contributed by atoms with Crippen molar-refractivity contribution in [2.45, 2.75) is 25.3 Å². The van der Waals surface area contributed by atoms with Gasteiger partial charge in [0.25, 0.3) is 0 Å². The Bertz CT molecular complexity index is 337. The van der Waals surface area contributed by atoms with E-state index in [1.807, 2.05) is 11.3 Å². The normalized spacial score (nSPS) is 21.1. The van der Waals surface area contributed by atoms with E-state index in [1.54, 1.807) is 0 Å². The van der Waals surface area contributed by atoms with E-state index < -0.39 is 0 Å². The zero-order valence-electron chi connectivity index (χ0n) is 12.3. The van der Waals surface area contributed by atoms with Crippen molar-refractivity contribution in [1.82, 2.24) is 15.1 Å². The van der Waals surface area contributed by atoms with Crippen LogP contribution in [0.15, 0.2) is 17.5 Å². The van der Waals surface area contributed by atoms with Crippen LogP contribution in [0.2, 0.25) is 0 Å². The minimum absolute atomic E-state index is 0.750. The van der Waals surface area contributed by atoms with Crippen molar-refractivity contribution in [3.8, 4) is 0 Å². The number of likely N-dealkylation sites (N-methyl/N-ethyl adjacent to an activating group) is 1. The fourth-order valence-electron chi connectivity index (χ4n) is 2.68. The van der Waals surface area contributed by atoms with Crippen LogP contribution in [-0.2, 0) is 6.42 Å². The maximum atomic E-state index is 3.57. The molecule has 108 valence electrons. The van der Waals surface area contributed by atoms with Gasteiger partial charge in [-0.25, -0.2) is 0 Å². The van der Waals surface area contributed by atoms with Gasteiger partial charge >= 0.3 is 0 Å². The van der Waals surface area contributed by atoms with Gasteiger partial charge in [0.05, 0.1) is 0 Å². The molecule has 0 saturated carbocycles. The first-order valence-corrected chi connectivity index (χ1v) is 8.25. The lowest BCUT2D eigenvalue weighted by atomic mass is 10.1. The van der Waals surface area contributed by atoms with E-state index in [9.17, 15) is 0 Å². The van der Waals surface area contributed by atoms with Crippen LogP contribution in [0.4, 0.5) is 0 Å². The molecule has 4 heteroatoms. The summed E-state index contributed by atoms with van der Waals surface area (Å²) in [6.07, 6.45) is 3.87. The highest BCUT2D eigenvalue weighted by atomic mass is 32.1. The second-order valence-electron chi connectivity index (χ2n) is 5.64. The molecule has 19 heavy (non-hydrogen) atoms. The summed E-state index contributed by atoms with van der Waals surface area (Å²) in [6.45, 7) is 5.92. The third kappa shape index (κ3) is 5.22. The van der Waals surface area contributed by atoms with Crippen molar-refractivity contribution >= 4 is 11.3 Å². The molecular weight excluding hydrogens is 254 g/mol. The van der Waals surface area contributed by atoms with Gasteiger partial charge in [0.2, 0.25) is 0 Å². The van der Waals surface area contributed by atoms with Gasteiger partial charge in [-0.2, -0.15) is 0 Å². The molecule has 2 heterocycles. The van der Waals surface area contributed by atoms with Gasteiger partial charge in [-0.3, -0.25) is 0 Å². The third-order valence-electron chi connectivity index (χ3n) is 3.94. The molecule has 1 atom stereocenters. The zero-order valence-corrected chi connectivity index (χ0v) is 13.1. The molecule has 1 unspecified atom stereocenters. The zero-order chi connectivity index (χ0) is 13.5. The summed E-state index contributed by atoms with van der Waals surface area (Å²) in [5.41, 5.74) is 0. The Morgan fingerprint density at radius 1 is 1.42 bits per heavy atom. The standard InChI is InChI=1S/C15H27N3S/c1-17(2)14-5-3-10-18(13-14)11-9-16-8-7-15-6-4-12-19-15/h4,6,12,14,16H,3,5,7-11,13H2,1-2H3. The van der Waals surface area contributed by atoms with Crippen LogP contribution in [0.3, 0.4) is 0 Å². The molecule has 1 fully saturated rings. The molecule has 1 aliphatic heterocycles. The molecule has 0 radical (unpaired) electrons. The van der Waals surface area contributed by atoms with E-state index in [2.05, 4.69) is 46.7 Å². The van der Waals surface area contributed by atoms with Gasteiger partial charge in [-0.15, -0.1) is 11.3 Å². The minimum atomic E-state index is 0.750. The third-order valence-corrected chi connectivity index (χ3v) is 4.88. The van der Waals surface area contributed by atoms with Crippen LogP contribution in [0.5, 0.6) is 0 Å². The summed E-state index contributed by atoms with van der Waals surface area (Å²) in [5.74, 6) is 0. The number of hydrogen-bond donors (Lipinski definition) is 1. The van der Waals surface area contributed by atoms with Crippen LogP contribution < -0.4 is 5.32 Å². The van der Waals surface area contributed by atoms with E-state index >= 15 is 0 Å². The molecule has 0 amide bonds. The van der Waals surface area contributed by atoms with Crippen molar-refractivity contribution in [1.29, 1.82) is 0 Å². The van der Waals surface area contributed by atoms with Gasteiger partial charge in [0, 0.05) is 37.1 Å². The largest absolute Gasteiger partial charge is 0.315 e. The average molecular weight is 281 g/mol. The Morgan fingerprint density at radius 3 is 3.05 bits per heavy atom. The Hall–Kier alpha value is -0.420. The number of piperidine rings is 1. The monoisotopic (exact) mass is 281 g/mol. The van der Waals surface area contributed by atoms with Gasteiger partial charge < -0.3 is 15.1 Å². The summed E-state index contributed by atoms with van der Waals surface area (Å²) in [7, 11) is 4.40. The van der Waals surface area contributed by atoms with Crippen LogP contribution in [0, 0.1) is 0 Å². The molecule has 0 bridgehead atoms. The molecule has 0 aliphatic carbocycles. The quantitative estimate of drug-likeness (QED) is 0.770. The Morgan fingerprint density at radius 2 is 2.32 bits per heavy atom. The summed E-state index contributed by atoms with van der Waals surface area (Å²) < 4.78 is 0. The lowest BCUT2D eigenvalue weighted by Gasteiger charge is -2.36. The SMILES string of the molecule is CN(C)C1CCCN(CCNCCc2cccs2)C1. The van der Waals surface area contributed by atoms with Crippen LogP contribution in [0.25, 0.3) is 0 Å². The molecule has 0 aromatic carbocycles. The minimum Gasteiger partial charge on any atom is -0.315 e. The highest BCUT2D eigenvalue weighted by Gasteiger charge is 2.20. The van der Waals surface area contributed by atoms with Crippen LogP contribution >= 0.6 is 11.3 Å². The van der Waals surface area contributed by atoms with E-state index in [4.69, 9.17) is 0 Å². The van der Waals surface area contributed by atoms with Gasteiger partial charge in [0.15, 0.2) is 0 Å². The molecule has 1 aromatic heterocycles. The van der Waals surface area contributed by atoms with Gasteiger partial charge in [-0.05, 0) is 51.3 Å². The van der Waals surface area contributed by atoms with E-state index in [0.717, 1.165) is 25.6 Å². The molecule has 1 aromatic rings. The number of hydrogen-bond acceptors (Lipinski definition) is 4. The van der Waals surface area contributed by atoms with Gasteiger partial charge in [-0.1, -0.05) is 6.07 Å². The predicted octanol–water partition coefficient (Wildman–Crippen LogP) is 1.91. The molecule has 0 spiro atoms. The fourth-order valence-corrected chi connectivity index (χ4v) is 3.39. The smallest absolute Gasteiger partial charge is 0.0217 e. The number of rotatable bonds is 7. The summed E-state index contributed by atoms with van der Waals surface area (Å²) in [6, 6.07) is 5.10. The Kier molecular flexibility index (Phi) is 6.31. The van der Waals surface area contributed by atoms with Crippen molar-refractivity contribution < 1.29 is 0 Å². The molecule has 2 rings (SSSR count). The van der Waals surface area contributed by atoms with E-state index in [0.29, 0.717) is 0 Å². The topological polar surface area (TPSA) is 18.5 Å². The summed E-state index contributed by atoms with van der Waals surface area (Å²) in [4.78, 5) is 6.46. The van der Waals surface area contributed by atoms with Crippen LogP contribution in [-0.4, -0.2) is 62.7 Å². The van der Waals surface area contributed by atoms with Crippen molar-refractivity contribution in [3.63, 3.8) is 0 Å². The highest BCUT2D eigenvalue weighted by molar-refractivity contribution is 7.09. The van der Waals surface area contributed by atoms with E-state index in [1.165, 1.54) is 37.4 Å². The highest BCUT2D eigenvalue weighted by Crippen LogP contribution is 2.13. The number of nitrogens with one attached hydrogen (secondary N) is 1. The molecule has 1 N–H and O–H groups in total. The first-order valence-electron chi connectivity index (χ1n) is 7.37. The lowest BCUT2D eigenvalue weighted by Crippen LogP contribution is -2.46. The molecule has 1 saturated heterocycles. The average Bonchev–Trinajstić information content (AvgIpc) is 2.92. The fraction of sp³-hybridized carbons (Fsp3) is 0.733. The first-order chi connectivity index (χ1) is 9.25. The van der Waals surface area contributed by atoms with Crippen molar-refractivity contribution in [2.24, 2.45) is 0 Å². The molecule has 3 nitrogen and oxygen atoms in total. The first kappa shape index (κ1) is 15.0. The Labute approximate surface area is 121 Å². The van der Waals surface area contributed by atoms with E-state index in [-0.39, 0.29) is 0 Å². The van der Waals surface area contributed by atoms with Crippen molar-refractivity contribution in [3.05, 3.63) is 22.4 Å². The summed E-state index contributed by atoms with van der Waals surface area (Å²) in [5, 5.41) is 5.72. The number of nitrogens with zero attached hydrogens (tertiary/aromatic N) is 2. The molecule has 1 aliphatic rings.